The predicted molar refractivity (Wildman–Crippen MR) is 92.7 cm³/mol. The average Bonchev–Trinajstić information content (AvgIpc) is 2.61. The molecule has 0 radical (unpaired) electrons. The van der Waals surface area contributed by atoms with Crippen LogP contribution in [0.2, 0.25) is 0 Å². The molecule has 0 fully saturated rings. The van der Waals surface area contributed by atoms with Crippen LogP contribution in [0, 0.1) is 12.7 Å². The molecule has 26 heavy (non-hydrogen) atoms. The highest BCUT2D eigenvalue weighted by atomic mass is 32.2. The zero-order valence-electron chi connectivity index (χ0n) is 14.1. The molecule has 0 heterocycles. The van der Waals surface area contributed by atoms with Crippen molar-refractivity contribution in [1.29, 1.82) is 0 Å². The molecule has 0 bridgehead atoms. The van der Waals surface area contributed by atoms with Crippen LogP contribution in [0.3, 0.4) is 0 Å². The maximum atomic E-state index is 13.5. The van der Waals surface area contributed by atoms with Crippen molar-refractivity contribution in [3.63, 3.8) is 0 Å². The highest BCUT2D eigenvalue weighted by Crippen LogP contribution is 2.20. The van der Waals surface area contributed by atoms with E-state index in [0.29, 0.717) is 5.56 Å². The van der Waals surface area contributed by atoms with Crippen molar-refractivity contribution in [3.05, 3.63) is 59.4 Å². The van der Waals surface area contributed by atoms with Crippen molar-refractivity contribution < 1.29 is 27.1 Å². The summed E-state index contributed by atoms with van der Waals surface area (Å²) in [7, 11) is -2.40. The number of ether oxygens (including phenoxy) is 1. The summed E-state index contributed by atoms with van der Waals surface area (Å²) in [5, 5.41) is 2.43. The fraction of sp³-hybridized carbons (Fsp3) is 0.176. The van der Waals surface area contributed by atoms with Gasteiger partial charge in [-0.2, -0.15) is 0 Å². The summed E-state index contributed by atoms with van der Waals surface area (Å²) in [5.41, 5.74) is 0.442. The Kier molecular flexibility index (Phi) is 6.06. The van der Waals surface area contributed by atoms with E-state index in [2.05, 4.69) is 10.0 Å². The topological polar surface area (TPSA) is 102 Å². The number of halogens is 1. The Morgan fingerprint density at radius 3 is 2.50 bits per heavy atom. The van der Waals surface area contributed by atoms with Crippen molar-refractivity contribution in [2.24, 2.45) is 0 Å². The molecule has 0 saturated heterocycles. The highest BCUT2D eigenvalue weighted by molar-refractivity contribution is 7.89. The second-order valence-corrected chi connectivity index (χ2v) is 7.15. The minimum absolute atomic E-state index is 0.0150. The molecule has 9 heteroatoms. The molecule has 2 aromatic carbocycles. The molecule has 1 amide bonds. The number of aryl methyl sites for hydroxylation is 1. The van der Waals surface area contributed by atoms with Crippen molar-refractivity contribution in [2.45, 2.75) is 11.8 Å². The lowest BCUT2D eigenvalue weighted by molar-refractivity contribution is -0.119. The Morgan fingerprint density at radius 2 is 1.85 bits per heavy atom. The second kappa shape index (κ2) is 8.07. The third-order valence-electron chi connectivity index (χ3n) is 3.46. The standard InChI is InChI=1S/C17H17FN2O5S/c1-11-7-8-12(9-15(11)26(23,24)19-2)20-16(21)10-25-17(22)13-5-3-4-6-14(13)18/h3-9,19H,10H2,1-2H3,(H,20,21). The van der Waals surface area contributed by atoms with Crippen LogP contribution in [0.5, 0.6) is 0 Å². The maximum Gasteiger partial charge on any atom is 0.341 e. The first-order valence-electron chi connectivity index (χ1n) is 7.50. The molecular formula is C17H17FN2O5S. The van der Waals surface area contributed by atoms with Crippen LogP contribution in [0.4, 0.5) is 10.1 Å². The van der Waals surface area contributed by atoms with Gasteiger partial charge in [-0.05, 0) is 43.8 Å². The first kappa shape index (κ1) is 19.5. The summed E-state index contributed by atoms with van der Waals surface area (Å²) in [6.45, 7) is 0.973. The Hall–Kier alpha value is -2.78. The maximum absolute atomic E-state index is 13.5. The van der Waals surface area contributed by atoms with E-state index in [0.717, 1.165) is 6.07 Å². The van der Waals surface area contributed by atoms with Gasteiger partial charge in [0.25, 0.3) is 5.91 Å². The van der Waals surface area contributed by atoms with Crippen LogP contribution in [-0.4, -0.2) is 33.9 Å². The van der Waals surface area contributed by atoms with Gasteiger partial charge in [-0.25, -0.2) is 22.3 Å². The van der Waals surface area contributed by atoms with Gasteiger partial charge in [0.1, 0.15) is 5.82 Å². The van der Waals surface area contributed by atoms with Gasteiger partial charge < -0.3 is 10.1 Å². The number of hydrogen-bond donors (Lipinski definition) is 2. The van der Waals surface area contributed by atoms with Gasteiger partial charge in [0, 0.05) is 5.69 Å². The van der Waals surface area contributed by atoms with E-state index in [4.69, 9.17) is 4.74 Å². The number of rotatable bonds is 6. The summed E-state index contributed by atoms with van der Waals surface area (Å²) in [5.74, 6) is -2.41. The van der Waals surface area contributed by atoms with E-state index in [1.54, 1.807) is 6.92 Å². The minimum Gasteiger partial charge on any atom is -0.452 e. The fourth-order valence-corrected chi connectivity index (χ4v) is 3.10. The molecule has 0 aromatic heterocycles. The van der Waals surface area contributed by atoms with E-state index in [-0.39, 0.29) is 16.1 Å². The highest BCUT2D eigenvalue weighted by Gasteiger charge is 2.17. The summed E-state index contributed by atoms with van der Waals surface area (Å²) in [4.78, 5) is 23.7. The predicted octanol–water partition coefficient (Wildman–Crippen LogP) is 1.84. The summed E-state index contributed by atoms with van der Waals surface area (Å²) < 4.78 is 44.3. The Labute approximate surface area is 150 Å². The van der Waals surface area contributed by atoms with E-state index in [9.17, 15) is 22.4 Å². The third-order valence-corrected chi connectivity index (χ3v) is 5.01. The average molecular weight is 380 g/mol. The van der Waals surface area contributed by atoms with E-state index < -0.39 is 34.3 Å². The van der Waals surface area contributed by atoms with Gasteiger partial charge in [-0.15, -0.1) is 0 Å². The van der Waals surface area contributed by atoms with Crippen LogP contribution in [-0.2, 0) is 19.6 Å². The Morgan fingerprint density at radius 1 is 1.15 bits per heavy atom. The SMILES string of the molecule is CNS(=O)(=O)c1cc(NC(=O)COC(=O)c2ccccc2F)ccc1C. The molecule has 0 atom stereocenters. The van der Waals surface area contributed by atoms with E-state index in [1.165, 1.54) is 43.4 Å². The number of carbonyl (C=O) groups excluding carboxylic acids is 2. The largest absolute Gasteiger partial charge is 0.452 e. The summed E-state index contributed by atoms with van der Waals surface area (Å²) in [6, 6.07) is 9.57. The van der Waals surface area contributed by atoms with Gasteiger partial charge in [0.15, 0.2) is 6.61 Å². The lowest BCUT2D eigenvalue weighted by Crippen LogP contribution is -2.22. The second-order valence-electron chi connectivity index (χ2n) is 5.29. The lowest BCUT2D eigenvalue weighted by Gasteiger charge is -2.11. The number of anilines is 1. The van der Waals surface area contributed by atoms with Gasteiger partial charge in [0.2, 0.25) is 10.0 Å². The zero-order chi connectivity index (χ0) is 19.3. The minimum atomic E-state index is -3.68. The first-order valence-corrected chi connectivity index (χ1v) is 8.98. The normalized spacial score (nSPS) is 11.0. The molecule has 0 spiro atoms. The van der Waals surface area contributed by atoms with Crippen LogP contribution >= 0.6 is 0 Å². The van der Waals surface area contributed by atoms with Crippen LogP contribution in [0.25, 0.3) is 0 Å². The smallest absolute Gasteiger partial charge is 0.341 e. The molecule has 0 aliphatic heterocycles. The van der Waals surface area contributed by atoms with Gasteiger partial charge in [0.05, 0.1) is 10.5 Å². The molecule has 0 saturated carbocycles. The van der Waals surface area contributed by atoms with E-state index in [1.807, 2.05) is 0 Å². The molecule has 0 unspecified atom stereocenters. The molecule has 0 aliphatic carbocycles. The summed E-state index contributed by atoms with van der Waals surface area (Å²) >= 11 is 0. The number of hydrogen-bond acceptors (Lipinski definition) is 5. The number of sulfonamides is 1. The Balaban J connectivity index is 2.03. The summed E-state index contributed by atoms with van der Waals surface area (Å²) in [6.07, 6.45) is 0. The van der Waals surface area contributed by atoms with Crippen LogP contribution in [0.1, 0.15) is 15.9 Å². The Bertz CT molecular complexity index is 944. The number of amides is 1. The first-order chi connectivity index (χ1) is 12.2. The number of esters is 1. The van der Waals surface area contributed by atoms with Crippen molar-refractivity contribution in [3.8, 4) is 0 Å². The molecule has 7 nitrogen and oxygen atoms in total. The molecule has 0 aliphatic rings. The van der Waals surface area contributed by atoms with Crippen LogP contribution in [0.15, 0.2) is 47.4 Å². The van der Waals surface area contributed by atoms with Gasteiger partial charge in [-0.1, -0.05) is 18.2 Å². The van der Waals surface area contributed by atoms with Crippen molar-refractivity contribution >= 4 is 27.6 Å². The van der Waals surface area contributed by atoms with Crippen molar-refractivity contribution in [2.75, 3.05) is 19.0 Å². The third kappa shape index (κ3) is 4.64. The number of nitrogens with one attached hydrogen (secondary N) is 2. The quantitative estimate of drug-likeness (QED) is 0.745. The molecule has 138 valence electrons. The zero-order valence-corrected chi connectivity index (χ0v) is 14.9. The van der Waals surface area contributed by atoms with Gasteiger partial charge >= 0.3 is 5.97 Å². The monoisotopic (exact) mass is 380 g/mol. The number of carbonyl (C=O) groups is 2. The lowest BCUT2D eigenvalue weighted by atomic mass is 10.2. The molecule has 2 N–H and O–H groups in total. The molecule has 2 aromatic rings. The van der Waals surface area contributed by atoms with Crippen molar-refractivity contribution in [1.82, 2.24) is 4.72 Å². The molecule has 2 rings (SSSR count). The molecular weight excluding hydrogens is 363 g/mol. The number of benzene rings is 2. The van der Waals surface area contributed by atoms with E-state index >= 15 is 0 Å². The fourth-order valence-electron chi connectivity index (χ4n) is 2.11. The van der Waals surface area contributed by atoms with Gasteiger partial charge in [-0.3, -0.25) is 4.79 Å². The van der Waals surface area contributed by atoms with Crippen LogP contribution < -0.4 is 10.0 Å².